The predicted molar refractivity (Wildman–Crippen MR) is 164 cm³/mol. The van der Waals surface area contributed by atoms with Gasteiger partial charge in [-0.1, -0.05) is 24.9 Å². The molecule has 3 amide bonds. The predicted octanol–water partition coefficient (Wildman–Crippen LogP) is 2.88. The molecule has 1 aromatic heterocycles. The van der Waals surface area contributed by atoms with Gasteiger partial charge in [0.2, 0.25) is 17.7 Å². The minimum atomic E-state index is -1.09. The van der Waals surface area contributed by atoms with Crippen molar-refractivity contribution < 1.29 is 24.3 Å². The molecule has 0 unspecified atom stereocenters. The van der Waals surface area contributed by atoms with Crippen molar-refractivity contribution in [3.63, 3.8) is 0 Å². The molecule has 1 aliphatic rings. The number of amides is 3. The molecule has 1 saturated heterocycles. The molecule has 0 radical (unpaired) electrons. The maximum absolute atomic E-state index is 13.3. The molecule has 1 fully saturated rings. The van der Waals surface area contributed by atoms with E-state index in [0.29, 0.717) is 35.1 Å². The lowest BCUT2D eigenvalue weighted by atomic mass is 10.1. The van der Waals surface area contributed by atoms with E-state index in [4.69, 9.17) is 16.7 Å². The summed E-state index contributed by atoms with van der Waals surface area (Å²) in [5.74, 6) is -2.28. The van der Waals surface area contributed by atoms with Crippen LogP contribution < -0.4 is 10.6 Å². The summed E-state index contributed by atoms with van der Waals surface area (Å²) in [6, 6.07) is 9.63. The molecule has 1 aliphatic heterocycles. The summed E-state index contributed by atoms with van der Waals surface area (Å²) in [5, 5.41) is 26.2. The van der Waals surface area contributed by atoms with Crippen molar-refractivity contribution >= 4 is 47.1 Å². The van der Waals surface area contributed by atoms with Gasteiger partial charge in [-0.25, -0.2) is 4.79 Å². The molecule has 232 valence electrons. The second-order valence-corrected chi connectivity index (χ2v) is 10.8. The number of aromatic carboxylic acids is 1. The number of carboxylic acid groups (broad SMARTS) is 1. The maximum Gasteiger partial charge on any atom is 0.335 e. The molecule has 3 N–H and O–H groups in total. The second-order valence-electron chi connectivity index (χ2n) is 10.3. The van der Waals surface area contributed by atoms with Gasteiger partial charge >= 0.3 is 5.97 Å². The molecular formula is C30H35ClN8O5. The number of hydrogen-bond donors (Lipinski definition) is 3. The van der Waals surface area contributed by atoms with E-state index in [1.807, 2.05) is 0 Å². The van der Waals surface area contributed by atoms with Gasteiger partial charge in [0.15, 0.2) is 0 Å². The molecular weight excluding hydrogens is 588 g/mol. The van der Waals surface area contributed by atoms with Crippen LogP contribution in [0.3, 0.4) is 0 Å². The lowest BCUT2D eigenvalue weighted by molar-refractivity contribution is -0.133. The molecule has 0 aliphatic carbocycles. The number of unbranched alkanes of at least 4 members (excludes halogenated alkanes) is 1. The van der Waals surface area contributed by atoms with Crippen molar-refractivity contribution in [2.45, 2.75) is 38.6 Å². The SMILES string of the molecule is CCCCN1CCN(C(=O)CC[C@H](NC(=O)/C=C/c2cc(Cl)ccc2-n2cnnn2)C(=O)Nc2ccc(C(=O)O)cc2)CC1. The summed E-state index contributed by atoms with van der Waals surface area (Å²) in [4.78, 5) is 54.7. The van der Waals surface area contributed by atoms with E-state index in [2.05, 4.69) is 38.0 Å². The third kappa shape index (κ3) is 9.19. The quantitative estimate of drug-likeness (QED) is 0.243. The first kappa shape index (κ1) is 32.3. The van der Waals surface area contributed by atoms with E-state index < -0.39 is 23.8 Å². The van der Waals surface area contributed by atoms with E-state index in [1.165, 1.54) is 47.4 Å². The number of benzene rings is 2. The Kier molecular flexibility index (Phi) is 11.5. The standard InChI is InChI=1S/C30H35ClN8O5/c1-2-3-14-37-15-17-38(18-16-37)28(41)13-10-25(29(42)33-24-8-4-21(5-9-24)30(43)44)34-27(40)12-6-22-19-23(31)7-11-26(22)39-20-32-35-36-39/h4-9,11-12,19-20,25H,2-3,10,13-18H2,1H3,(H,33,42)(H,34,40)(H,43,44)/b12-6+/t25-/m0/s1. The first-order chi connectivity index (χ1) is 21.2. The highest BCUT2D eigenvalue weighted by molar-refractivity contribution is 6.30. The molecule has 4 rings (SSSR count). The van der Waals surface area contributed by atoms with Gasteiger partial charge in [0.05, 0.1) is 11.3 Å². The Balaban J connectivity index is 1.43. The zero-order chi connectivity index (χ0) is 31.5. The van der Waals surface area contributed by atoms with Crippen molar-refractivity contribution in [1.29, 1.82) is 0 Å². The minimum Gasteiger partial charge on any atom is -0.478 e. The fourth-order valence-corrected chi connectivity index (χ4v) is 4.93. The number of hydrogen-bond acceptors (Lipinski definition) is 8. The Morgan fingerprint density at radius 3 is 2.48 bits per heavy atom. The Bertz CT molecular complexity index is 1470. The fourth-order valence-electron chi connectivity index (χ4n) is 4.75. The highest BCUT2D eigenvalue weighted by Gasteiger charge is 2.25. The monoisotopic (exact) mass is 622 g/mol. The number of carbonyl (C=O) groups excluding carboxylic acids is 3. The molecule has 44 heavy (non-hydrogen) atoms. The van der Waals surface area contributed by atoms with Crippen LogP contribution in [0.1, 0.15) is 48.5 Å². The lowest BCUT2D eigenvalue weighted by Gasteiger charge is -2.35. The summed E-state index contributed by atoms with van der Waals surface area (Å²) >= 11 is 6.17. The topological polar surface area (TPSA) is 163 Å². The van der Waals surface area contributed by atoms with Crippen LogP contribution in [0.2, 0.25) is 5.02 Å². The molecule has 2 aromatic carbocycles. The Morgan fingerprint density at radius 1 is 1.07 bits per heavy atom. The molecule has 13 nitrogen and oxygen atoms in total. The molecule has 0 bridgehead atoms. The van der Waals surface area contributed by atoms with E-state index in [-0.39, 0.29) is 24.3 Å². The van der Waals surface area contributed by atoms with Crippen molar-refractivity contribution in [1.82, 2.24) is 35.3 Å². The van der Waals surface area contributed by atoms with Crippen LogP contribution in [0, 0.1) is 0 Å². The first-order valence-electron chi connectivity index (χ1n) is 14.4. The highest BCUT2D eigenvalue weighted by Crippen LogP contribution is 2.20. The largest absolute Gasteiger partial charge is 0.478 e. The van der Waals surface area contributed by atoms with Crippen molar-refractivity contribution in [3.05, 3.63) is 71.0 Å². The van der Waals surface area contributed by atoms with Crippen LogP contribution >= 0.6 is 11.6 Å². The minimum absolute atomic E-state index is 0.0622. The molecule has 2 heterocycles. The number of halogens is 1. The first-order valence-corrected chi connectivity index (χ1v) is 14.8. The van der Waals surface area contributed by atoms with E-state index in [9.17, 15) is 19.2 Å². The summed E-state index contributed by atoms with van der Waals surface area (Å²) < 4.78 is 1.43. The number of carboxylic acids is 1. The van der Waals surface area contributed by atoms with Crippen LogP contribution in [0.15, 0.2) is 54.9 Å². The molecule has 0 spiro atoms. The molecule has 1 atom stereocenters. The van der Waals surface area contributed by atoms with Gasteiger partial charge in [-0.3, -0.25) is 19.3 Å². The van der Waals surface area contributed by atoms with Crippen molar-refractivity contribution in [2.24, 2.45) is 0 Å². The zero-order valence-electron chi connectivity index (χ0n) is 24.4. The number of tetrazole rings is 1. The van der Waals surface area contributed by atoms with E-state index >= 15 is 0 Å². The smallest absolute Gasteiger partial charge is 0.335 e. The summed E-state index contributed by atoms with van der Waals surface area (Å²) in [6.07, 6.45) is 6.57. The van der Waals surface area contributed by atoms with Gasteiger partial charge in [-0.15, -0.1) is 5.10 Å². The van der Waals surface area contributed by atoms with E-state index in [1.54, 1.807) is 23.1 Å². The number of rotatable bonds is 13. The summed E-state index contributed by atoms with van der Waals surface area (Å²) in [7, 11) is 0. The Hall–Kier alpha value is -4.62. The van der Waals surface area contributed by atoms with Crippen LogP contribution in [0.4, 0.5) is 5.69 Å². The maximum atomic E-state index is 13.3. The van der Waals surface area contributed by atoms with Crippen molar-refractivity contribution in [2.75, 3.05) is 38.0 Å². The van der Waals surface area contributed by atoms with Gasteiger partial charge in [0.1, 0.15) is 12.4 Å². The number of piperazine rings is 1. The Morgan fingerprint density at radius 2 is 1.82 bits per heavy atom. The lowest BCUT2D eigenvalue weighted by Crippen LogP contribution is -2.49. The van der Waals surface area contributed by atoms with Crippen LogP contribution in [-0.2, 0) is 14.4 Å². The zero-order valence-corrected chi connectivity index (χ0v) is 25.1. The average Bonchev–Trinajstić information content (AvgIpc) is 3.56. The second kappa shape index (κ2) is 15.7. The number of aromatic nitrogens is 4. The summed E-state index contributed by atoms with van der Waals surface area (Å²) in [6.45, 7) is 6.01. The van der Waals surface area contributed by atoms with Crippen LogP contribution in [-0.4, -0.2) is 97.6 Å². The van der Waals surface area contributed by atoms with Gasteiger partial charge < -0.3 is 20.6 Å². The van der Waals surface area contributed by atoms with Gasteiger partial charge in [0, 0.05) is 54.9 Å². The molecule has 14 heteroatoms. The van der Waals surface area contributed by atoms with Crippen LogP contribution in [0.25, 0.3) is 11.8 Å². The van der Waals surface area contributed by atoms with Crippen LogP contribution in [0.5, 0.6) is 0 Å². The molecule has 3 aromatic rings. The van der Waals surface area contributed by atoms with E-state index in [0.717, 1.165) is 32.5 Å². The molecule has 0 saturated carbocycles. The third-order valence-corrected chi connectivity index (χ3v) is 7.47. The number of nitrogens with zero attached hydrogens (tertiary/aromatic N) is 6. The number of carbonyl (C=O) groups is 4. The number of anilines is 1. The number of nitrogens with one attached hydrogen (secondary N) is 2. The normalized spacial score (nSPS) is 14.4. The fraction of sp³-hybridized carbons (Fsp3) is 0.367. The summed E-state index contributed by atoms with van der Waals surface area (Å²) in [5.41, 5.74) is 1.57. The average molecular weight is 623 g/mol. The van der Waals surface area contributed by atoms with Gasteiger partial charge in [0.25, 0.3) is 0 Å². The van der Waals surface area contributed by atoms with Gasteiger partial charge in [-0.2, -0.15) is 4.68 Å². The van der Waals surface area contributed by atoms with Crippen molar-refractivity contribution in [3.8, 4) is 5.69 Å². The third-order valence-electron chi connectivity index (χ3n) is 7.23. The van der Waals surface area contributed by atoms with Gasteiger partial charge in [-0.05, 0) is 78.4 Å². The Labute approximate surface area is 259 Å². The highest BCUT2D eigenvalue weighted by atomic mass is 35.5.